The Morgan fingerprint density at radius 3 is 2.35 bits per heavy atom. The van der Waals surface area contributed by atoms with Gasteiger partial charge in [0.2, 0.25) is 5.88 Å². The molecule has 1 aliphatic rings. The van der Waals surface area contributed by atoms with E-state index in [2.05, 4.69) is 107 Å². The Balaban J connectivity index is 1.22. The molecular formula is C38H25N3O2. The number of benzene rings is 5. The van der Waals surface area contributed by atoms with Gasteiger partial charge in [0.15, 0.2) is 0 Å². The summed E-state index contributed by atoms with van der Waals surface area (Å²) in [7, 11) is 0. The van der Waals surface area contributed by atoms with Crippen LogP contribution in [0.25, 0.3) is 60.9 Å². The zero-order chi connectivity index (χ0) is 28.3. The first-order valence-electron chi connectivity index (χ1n) is 14.4. The number of pyridine rings is 1. The van der Waals surface area contributed by atoms with Crippen molar-refractivity contribution in [2.75, 3.05) is 16.8 Å². The molecule has 0 saturated heterocycles. The summed E-state index contributed by atoms with van der Waals surface area (Å²) in [6.45, 7) is 0.760. The van der Waals surface area contributed by atoms with Crippen molar-refractivity contribution in [1.29, 1.82) is 0 Å². The normalized spacial score (nSPS) is 12.7. The van der Waals surface area contributed by atoms with E-state index in [-0.39, 0.29) is 0 Å². The average Bonchev–Trinajstić information content (AvgIpc) is 3.62. The number of rotatable bonds is 4. The summed E-state index contributed by atoms with van der Waals surface area (Å²) in [6.07, 6.45) is 6.15. The molecule has 0 bridgehead atoms. The van der Waals surface area contributed by atoms with Gasteiger partial charge in [-0.05, 0) is 58.3 Å². The Morgan fingerprint density at radius 2 is 1.40 bits per heavy atom. The van der Waals surface area contributed by atoms with E-state index >= 15 is 0 Å². The highest BCUT2D eigenvalue weighted by Gasteiger charge is 2.20. The van der Waals surface area contributed by atoms with Crippen LogP contribution in [0.1, 0.15) is 5.56 Å². The lowest BCUT2D eigenvalue weighted by molar-refractivity contribution is 0.628. The minimum Gasteiger partial charge on any atom is -0.456 e. The fourth-order valence-corrected chi connectivity index (χ4v) is 6.20. The van der Waals surface area contributed by atoms with Crippen molar-refractivity contribution in [2.24, 2.45) is 0 Å². The standard InChI is InChI=1S/C38H25N3O2/c1-2-7-24(8-3-1)25-12-13-27-20-28(15-14-26(27)19-25)41(29-16-17-31-32-10-6-18-39-38(32)43-35(31)21-29)37-22-36-33(23-40-37)30-9-4-5-11-34(30)42-36/h1-17,19-23,39H,18H2. The lowest BCUT2D eigenvalue weighted by Crippen LogP contribution is -2.11. The maximum Gasteiger partial charge on any atom is 0.201 e. The third-order valence-corrected chi connectivity index (χ3v) is 8.30. The highest BCUT2D eigenvalue weighted by molar-refractivity contribution is 6.05. The monoisotopic (exact) mass is 555 g/mol. The van der Waals surface area contributed by atoms with E-state index in [1.165, 1.54) is 16.5 Å². The first kappa shape index (κ1) is 23.9. The van der Waals surface area contributed by atoms with E-state index in [1.54, 1.807) is 0 Å². The number of hydrogen-bond donors (Lipinski definition) is 1. The zero-order valence-electron chi connectivity index (χ0n) is 23.1. The lowest BCUT2D eigenvalue weighted by Gasteiger charge is -2.24. The van der Waals surface area contributed by atoms with Crippen LogP contribution in [0, 0.1) is 0 Å². The van der Waals surface area contributed by atoms with E-state index in [4.69, 9.17) is 13.8 Å². The predicted octanol–water partition coefficient (Wildman–Crippen LogP) is 10.5. The molecule has 0 fully saturated rings. The molecule has 4 heterocycles. The molecule has 5 aromatic carbocycles. The minimum atomic E-state index is 0.760. The molecule has 0 spiro atoms. The van der Waals surface area contributed by atoms with Crippen molar-refractivity contribution in [2.45, 2.75) is 0 Å². The van der Waals surface area contributed by atoms with E-state index in [9.17, 15) is 0 Å². The Hall–Kier alpha value is -5.81. The summed E-state index contributed by atoms with van der Waals surface area (Å²) in [5.74, 6) is 1.57. The van der Waals surface area contributed by atoms with Crippen LogP contribution in [0.2, 0.25) is 0 Å². The lowest BCUT2D eigenvalue weighted by atomic mass is 10.0. The summed E-state index contributed by atoms with van der Waals surface area (Å²) < 4.78 is 12.5. The number of nitrogens with zero attached hydrogens (tertiary/aromatic N) is 2. The molecule has 3 aromatic heterocycles. The van der Waals surface area contributed by atoms with Crippen molar-refractivity contribution in [3.8, 4) is 11.1 Å². The average molecular weight is 556 g/mol. The van der Waals surface area contributed by atoms with Gasteiger partial charge in [0.25, 0.3) is 0 Å². The fourth-order valence-electron chi connectivity index (χ4n) is 6.20. The van der Waals surface area contributed by atoms with Gasteiger partial charge in [0.05, 0.1) is 5.69 Å². The van der Waals surface area contributed by atoms with Crippen LogP contribution in [-0.4, -0.2) is 11.5 Å². The SMILES string of the molecule is C1=Cc2c(oc3cc(N(c4ccc5cc(-c6ccccc6)ccc5c4)c4cc5oc6ccccc6c5cn4)ccc23)NC1. The number of fused-ring (bicyclic) bond motifs is 7. The molecule has 0 amide bonds. The van der Waals surface area contributed by atoms with Gasteiger partial charge in [-0.3, -0.25) is 4.90 Å². The molecule has 5 nitrogen and oxygen atoms in total. The van der Waals surface area contributed by atoms with Crippen LogP contribution in [-0.2, 0) is 0 Å². The summed E-state index contributed by atoms with van der Waals surface area (Å²) in [4.78, 5) is 7.14. The quantitative estimate of drug-likeness (QED) is 0.234. The Bertz CT molecular complexity index is 2360. The fraction of sp³-hybridized carbons (Fsp3) is 0.0263. The molecule has 8 aromatic rings. The maximum absolute atomic E-state index is 6.26. The molecule has 204 valence electrons. The van der Waals surface area contributed by atoms with Gasteiger partial charge in [-0.25, -0.2) is 4.98 Å². The topological polar surface area (TPSA) is 54.4 Å². The molecule has 1 N–H and O–H groups in total. The number of anilines is 4. The van der Waals surface area contributed by atoms with E-state index in [1.807, 2.05) is 36.5 Å². The molecule has 9 rings (SSSR count). The highest BCUT2D eigenvalue weighted by atomic mass is 16.4. The van der Waals surface area contributed by atoms with Gasteiger partial charge >= 0.3 is 0 Å². The summed E-state index contributed by atoms with van der Waals surface area (Å²) in [6, 6.07) is 40.1. The molecule has 5 heteroatoms. The Kier molecular flexibility index (Phi) is 5.19. The molecule has 0 atom stereocenters. The van der Waals surface area contributed by atoms with Crippen LogP contribution >= 0.6 is 0 Å². The van der Waals surface area contributed by atoms with Crippen molar-refractivity contribution < 1.29 is 8.83 Å². The van der Waals surface area contributed by atoms with Gasteiger partial charge in [0, 0.05) is 52.3 Å². The number of para-hydroxylation sites is 1. The summed E-state index contributed by atoms with van der Waals surface area (Å²) in [5.41, 5.74) is 7.91. The second-order valence-electron chi connectivity index (χ2n) is 10.9. The van der Waals surface area contributed by atoms with Crippen molar-refractivity contribution >= 4 is 72.8 Å². The van der Waals surface area contributed by atoms with Crippen LogP contribution < -0.4 is 10.2 Å². The molecule has 0 aliphatic carbocycles. The van der Waals surface area contributed by atoms with Gasteiger partial charge < -0.3 is 14.2 Å². The van der Waals surface area contributed by atoms with Crippen molar-refractivity contribution in [3.05, 3.63) is 133 Å². The van der Waals surface area contributed by atoms with Gasteiger partial charge in [-0.1, -0.05) is 78.9 Å². The van der Waals surface area contributed by atoms with Crippen molar-refractivity contribution in [1.82, 2.24) is 4.98 Å². The smallest absolute Gasteiger partial charge is 0.201 e. The number of hydrogen-bond acceptors (Lipinski definition) is 5. The second kappa shape index (κ2) is 9.36. The number of nitrogens with one attached hydrogen (secondary N) is 1. The molecule has 0 saturated carbocycles. The third kappa shape index (κ3) is 3.90. The van der Waals surface area contributed by atoms with Gasteiger partial charge in [-0.15, -0.1) is 0 Å². The number of aromatic nitrogens is 1. The van der Waals surface area contributed by atoms with Gasteiger partial charge in [-0.2, -0.15) is 0 Å². The van der Waals surface area contributed by atoms with Crippen LogP contribution in [0.15, 0.2) is 136 Å². The van der Waals surface area contributed by atoms with Crippen LogP contribution in [0.3, 0.4) is 0 Å². The Morgan fingerprint density at radius 1 is 0.605 bits per heavy atom. The van der Waals surface area contributed by atoms with E-state index in [0.29, 0.717) is 0 Å². The molecule has 43 heavy (non-hydrogen) atoms. The first-order chi connectivity index (χ1) is 21.3. The molecule has 0 radical (unpaired) electrons. The Labute approximate surface area is 247 Å². The number of furan rings is 2. The largest absolute Gasteiger partial charge is 0.456 e. The first-order valence-corrected chi connectivity index (χ1v) is 14.4. The third-order valence-electron chi connectivity index (χ3n) is 8.30. The van der Waals surface area contributed by atoms with Gasteiger partial charge in [0.1, 0.15) is 22.6 Å². The van der Waals surface area contributed by atoms with Crippen molar-refractivity contribution in [3.63, 3.8) is 0 Å². The predicted molar refractivity (Wildman–Crippen MR) is 176 cm³/mol. The highest BCUT2D eigenvalue weighted by Crippen LogP contribution is 2.41. The molecule has 0 unspecified atom stereocenters. The van der Waals surface area contributed by atoms with Crippen LogP contribution in [0.5, 0.6) is 0 Å². The zero-order valence-corrected chi connectivity index (χ0v) is 23.1. The second-order valence-corrected chi connectivity index (χ2v) is 10.9. The molecular weight excluding hydrogens is 530 g/mol. The summed E-state index contributed by atoms with van der Waals surface area (Å²) in [5, 5.41) is 8.81. The van der Waals surface area contributed by atoms with E-state index in [0.717, 1.165) is 73.5 Å². The molecule has 1 aliphatic heterocycles. The van der Waals surface area contributed by atoms with Crippen LogP contribution in [0.4, 0.5) is 23.1 Å². The summed E-state index contributed by atoms with van der Waals surface area (Å²) >= 11 is 0. The maximum atomic E-state index is 6.26. The minimum absolute atomic E-state index is 0.760. The van der Waals surface area contributed by atoms with E-state index < -0.39 is 0 Å².